The van der Waals surface area contributed by atoms with E-state index in [1.165, 1.54) is 12.3 Å². The van der Waals surface area contributed by atoms with Crippen molar-refractivity contribution in [2.45, 2.75) is 19.3 Å². The highest BCUT2D eigenvalue weighted by molar-refractivity contribution is 6.02. The molecule has 0 N–H and O–H groups in total. The third-order valence-corrected chi connectivity index (χ3v) is 4.13. The minimum Gasteiger partial charge on any atom is -0.492 e. The first-order valence-electron chi connectivity index (χ1n) is 6.88. The number of benzene rings is 1. The van der Waals surface area contributed by atoms with Crippen molar-refractivity contribution in [3.8, 4) is 5.75 Å². The zero-order chi connectivity index (χ0) is 15.0. The van der Waals surface area contributed by atoms with Gasteiger partial charge in [0.1, 0.15) is 11.6 Å². The van der Waals surface area contributed by atoms with Crippen LogP contribution >= 0.6 is 0 Å². The number of Topliss-reactive ketones (excluding diaryl/α,β-unsaturated/α-hetero) is 1. The quantitative estimate of drug-likeness (QED) is 0.849. The molecule has 4 heteroatoms. The number of halogens is 1. The average Bonchev–Trinajstić information content (AvgIpc) is 2.48. The molecule has 0 saturated heterocycles. The van der Waals surface area contributed by atoms with E-state index in [0.29, 0.717) is 23.6 Å². The molecule has 2 aromatic rings. The van der Waals surface area contributed by atoms with Crippen LogP contribution in [-0.2, 0) is 5.41 Å². The second kappa shape index (κ2) is 4.95. The summed E-state index contributed by atoms with van der Waals surface area (Å²) in [6.07, 6.45) is 1.18. The third kappa shape index (κ3) is 2.31. The van der Waals surface area contributed by atoms with Crippen molar-refractivity contribution in [2.24, 2.45) is 5.92 Å². The molecule has 1 atom stereocenters. The van der Waals surface area contributed by atoms with E-state index >= 15 is 0 Å². The Morgan fingerprint density at radius 2 is 2.00 bits per heavy atom. The predicted molar refractivity (Wildman–Crippen MR) is 77.0 cm³/mol. The van der Waals surface area contributed by atoms with Crippen molar-refractivity contribution in [3.63, 3.8) is 0 Å². The van der Waals surface area contributed by atoms with Crippen LogP contribution in [0.1, 0.15) is 29.9 Å². The van der Waals surface area contributed by atoms with Crippen LogP contribution in [0.25, 0.3) is 0 Å². The Morgan fingerprint density at radius 3 is 2.71 bits per heavy atom. The van der Waals surface area contributed by atoms with Gasteiger partial charge in [0.15, 0.2) is 5.78 Å². The van der Waals surface area contributed by atoms with Gasteiger partial charge in [0, 0.05) is 11.1 Å². The molecule has 1 aromatic heterocycles. The van der Waals surface area contributed by atoms with Crippen LogP contribution in [0.4, 0.5) is 4.39 Å². The van der Waals surface area contributed by atoms with Gasteiger partial charge in [-0.25, -0.2) is 4.39 Å². The van der Waals surface area contributed by atoms with E-state index in [9.17, 15) is 9.18 Å². The molecule has 0 bridgehead atoms. The van der Waals surface area contributed by atoms with Gasteiger partial charge in [0.25, 0.3) is 0 Å². The number of hydrogen-bond donors (Lipinski definition) is 0. The number of para-hydroxylation sites is 1. The van der Waals surface area contributed by atoms with Crippen molar-refractivity contribution >= 4 is 5.78 Å². The molecule has 3 nitrogen and oxygen atoms in total. The largest absolute Gasteiger partial charge is 0.492 e. The average molecular weight is 285 g/mol. The number of ether oxygens (including phenoxy) is 1. The van der Waals surface area contributed by atoms with E-state index in [1.54, 1.807) is 18.2 Å². The van der Waals surface area contributed by atoms with E-state index in [4.69, 9.17) is 4.74 Å². The Morgan fingerprint density at radius 1 is 1.24 bits per heavy atom. The molecule has 0 saturated carbocycles. The lowest BCUT2D eigenvalue weighted by Gasteiger charge is -2.35. The standard InChI is InChI=1S/C17H16FNO2/c1-17(2,15-8-7-11(18)9-19-15)13-10-21-14-6-4-3-5-12(14)16(13)20/h3-9,13H,10H2,1-2H3. The molecule has 1 unspecified atom stereocenters. The molecule has 0 fully saturated rings. The predicted octanol–water partition coefficient (Wildman–Crippen LogP) is 3.39. The van der Waals surface area contributed by atoms with Gasteiger partial charge in [-0.1, -0.05) is 26.0 Å². The number of rotatable bonds is 2. The van der Waals surface area contributed by atoms with Crippen LogP contribution in [-0.4, -0.2) is 17.4 Å². The SMILES string of the molecule is CC(C)(c1ccc(F)cn1)C1COc2ccccc2C1=O. The van der Waals surface area contributed by atoms with E-state index in [2.05, 4.69) is 4.98 Å². The van der Waals surface area contributed by atoms with E-state index in [-0.39, 0.29) is 17.5 Å². The number of carbonyl (C=O) groups is 1. The highest BCUT2D eigenvalue weighted by atomic mass is 19.1. The number of ketones is 1. The van der Waals surface area contributed by atoms with Crippen LogP contribution in [0, 0.1) is 11.7 Å². The number of nitrogens with zero attached hydrogens (tertiary/aromatic N) is 1. The summed E-state index contributed by atoms with van der Waals surface area (Å²) in [5, 5.41) is 0. The van der Waals surface area contributed by atoms with Crippen molar-refractivity contribution in [1.29, 1.82) is 0 Å². The van der Waals surface area contributed by atoms with Gasteiger partial charge in [0.05, 0.1) is 24.3 Å². The third-order valence-electron chi connectivity index (χ3n) is 4.13. The number of carbonyl (C=O) groups excluding carboxylic acids is 1. The van der Waals surface area contributed by atoms with Crippen LogP contribution < -0.4 is 4.74 Å². The summed E-state index contributed by atoms with van der Waals surface area (Å²) in [4.78, 5) is 16.9. The Balaban J connectivity index is 1.97. The number of pyridine rings is 1. The van der Waals surface area contributed by atoms with Gasteiger partial charge in [0.2, 0.25) is 0 Å². The van der Waals surface area contributed by atoms with Gasteiger partial charge in [-0.05, 0) is 24.3 Å². The summed E-state index contributed by atoms with van der Waals surface area (Å²) in [6.45, 7) is 4.18. The lowest BCUT2D eigenvalue weighted by atomic mass is 9.72. The molecule has 0 amide bonds. The van der Waals surface area contributed by atoms with Crippen molar-refractivity contribution in [3.05, 3.63) is 59.7 Å². The highest BCUT2D eigenvalue weighted by Gasteiger charge is 2.41. The maximum atomic E-state index is 13.0. The summed E-state index contributed by atoms with van der Waals surface area (Å²) in [6, 6.07) is 10.2. The first-order chi connectivity index (χ1) is 10.00. The number of fused-ring (bicyclic) bond motifs is 1. The molecule has 21 heavy (non-hydrogen) atoms. The lowest BCUT2D eigenvalue weighted by Crippen LogP contribution is -2.42. The van der Waals surface area contributed by atoms with Gasteiger partial charge >= 0.3 is 0 Å². The normalized spacial score (nSPS) is 18.0. The number of hydrogen-bond acceptors (Lipinski definition) is 3. The first kappa shape index (κ1) is 13.7. The molecule has 0 spiro atoms. The fourth-order valence-corrected chi connectivity index (χ4v) is 2.70. The Hall–Kier alpha value is -2.23. The summed E-state index contributed by atoms with van der Waals surface area (Å²) in [7, 11) is 0. The summed E-state index contributed by atoms with van der Waals surface area (Å²) in [5.41, 5.74) is 0.757. The molecule has 0 aliphatic carbocycles. The van der Waals surface area contributed by atoms with E-state index in [0.717, 1.165) is 0 Å². The molecule has 2 heterocycles. The van der Waals surface area contributed by atoms with Crippen LogP contribution in [0.15, 0.2) is 42.6 Å². The van der Waals surface area contributed by atoms with Crippen LogP contribution in [0.5, 0.6) is 5.75 Å². The first-order valence-corrected chi connectivity index (χ1v) is 6.88. The highest BCUT2D eigenvalue weighted by Crippen LogP contribution is 2.38. The maximum Gasteiger partial charge on any atom is 0.174 e. The molecule has 1 aliphatic heterocycles. The second-order valence-electron chi connectivity index (χ2n) is 5.81. The van der Waals surface area contributed by atoms with Crippen LogP contribution in [0.2, 0.25) is 0 Å². The summed E-state index contributed by atoms with van der Waals surface area (Å²) >= 11 is 0. The smallest absolute Gasteiger partial charge is 0.174 e. The Bertz CT molecular complexity index is 679. The van der Waals surface area contributed by atoms with Gasteiger partial charge in [-0.2, -0.15) is 0 Å². The summed E-state index contributed by atoms with van der Waals surface area (Å²) < 4.78 is 18.8. The Labute approximate surface area is 122 Å². The maximum absolute atomic E-state index is 13.0. The van der Waals surface area contributed by atoms with Gasteiger partial charge in [-0.3, -0.25) is 9.78 Å². The zero-order valence-electron chi connectivity index (χ0n) is 12.0. The van der Waals surface area contributed by atoms with E-state index < -0.39 is 5.41 Å². The monoisotopic (exact) mass is 285 g/mol. The Kier molecular flexibility index (Phi) is 3.24. The zero-order valence-corrected chi connectivity index (χ0v) is 12.0. The fraction of sp³-hybridized carbons (Fsp3) is 0.294. The summed E-state index contributed by atoms with van der Waals surface area (Å²) in [5.74, 6) is -0.0499. The molecule has 1 aromatic carbocycles. The lowest BCUT2D eigenvalue weighted by molar-refractivity contribution is 0.0733. The molecule has 108 valence electrons. The molecular weight excluding hydrogens is 269 g/mol. The van der Waals surface area contributed by atoms with Gasteiger partial charge in [-0.15, -0.1) is 0 Å². The van der Waals surface area contributed by atoms with Crippen molar-refractivity contribution in [1.82, 2.24) is 4.98 Å². The van der Waals surface area contributed by atoms with Crippen molar-refractivity contribution in [2.75, 3.05) is 6.61 Å². The van der Waals surface area contributed by atoms with Crippen LogP contribution in [0.3, 0.4) is 0 Å². The topological polar surface area (TPSA) is 39.2 Å². The van der Waals surface area contributed by atoms with Gasteiger partial charge < -0.3 is 4.74 Å². The molecule has 1 aliphatic rings. The number of aromatic nitrogens is 1. The molecule has 3 rings (SSSR count). The fourth-order valence-electron chi connectivity index (χ4n) is 2.70. The molecule has 0 radical (unpaired) electrons. The molecular formula is C17H16FNO2. The minimum absolute atomic E-state index is 0.0491. The van der Waals surface area contributed by atoms with E-state index in [1.807, 2.05) is 26.0 Å². The second-order valence-corrected chi connectivity index (χ2v) is 5.81. The minimum atomic E-state index is -0.529. The van der Waals surface area contributed by atoms with Crippen molar-refractivity contribution < 1.29 is 13.9 Å².